The first-order valence-electron chi connectivity index (χ1n) is 6.63. The number of halogens is 3. The number of rotatable bonds is 5. The second-order valence-electron chi connectivity index (χ2n) is 4.50. The van der Waals surface area contributed by atoms with E-state index in [1.165, 1.54) is 6.07 Å². The Morgan fingerprint density at radius 1 is 1.32 bits per heavy atom. The summed E-state index contributed by atoms with van der Waals surface area (Å²) < 4.78 is 38.1. The van der Waals surface area contributed by atoms with Crippen molar-refractivity contribution in [2.75, 3.05) is 0 Å². The highest BCUT2D eigenvalue weighted by atomic mass is 19.4. The van der Waals surface area contributed by atoms with Crippen molar-refractivity contribution in [3.63, 3.8) is 0 Å². The molecule has 0 aliphatic carbocycles. The van der Waals surface area contributed by atoms with Crippen LogP contribution in [0.3, 0.4) is 0 Å². The molecule has 1 atom stereocenters. The lowest BCUT2D eigenvalue weighted by molar-refractivity contribution is -0.141. The number of hydrogen-bond donors (Lipinski definition) is 0. The van der Waals surface area contributed by atoms with Crippen LogP contribution in [0, 0.1) is 0 Å². The summed E-state index contributed by atoms with van der Waals surface area (Å²) in [6, 6.07) is 4.15. The van der Waals surface area contributed by atoms with E-state index in [9.17, 15) is 13.2 Å². The molecule has 19 heavy (non-hydrogen) atoms. The predicted octanol–water partition coefficient (Wildman–Crippen LogP) is 5.34. The summed E-state index contributed by atoms with van der Waals surface area (Å²) in [7, 11) is 0. The maximum Gasteiger partial charge on any atom is 0.433 e. The number of alkyl halides is 3. The molecule has 1 aromatic rings. The van der Waals surface area contributed by atoms with Crippen LogP contribution in [0.15, 0.2) is 29.8 Å². The van der Waals surface area contributed by atoms with Gasteiger partial charge >= 0.3 is 6.18 Å². The van der Waals surface area contributed by atoms with Gasteiger partial charge in [-0.1, -0.05) is 38.0 Å². The summed E-state index contributed by atoms with van der Waals surface area (Å²) in [5, 5.41) is 0. The fourth-order valence-electron chi connectivity index (χ4n) is 2.27. The Morgan fingerprint density at radius 3 is 2.47 bits per heavy atom. The molecule has 1 unspecified atom stereocenters. The monoisotopic (exact) mass is 271 g/mol. The van der Waals surface area contributed by atoms with Gasteiger partial charge in [0.2, 0.25) is 0 Å². The Morgan fingerprint density at radius 2 is 2.00 bits per heavy atom. The van der Waals surface area contributed by atoms with E-state index in [2.05, 4.69) is 4.98 Å². The highest BCUT2D eigenvalue weighted by molar-refractivity contribution is 5.25. The second-order valence-corrected chi connectivity index (χ2v) is 4.50. The second kappa shape index (κ2) is 6.73. The fraction of sp³-hybridized carbons (Fsp3) is 0.533. The maximum atomic E-state index is 12.7. The van der Waals surface area contributed by atoms with Crippen molar-refractivity contribution >= 4 is 0 Å². The molecule has 0 aromatic carbocycles. The van der Waals surface area contributed by atoms with Crippen LogP contribution in [-0.4, -0.2) is 4.98 Å². The highest BCUT2D eigenvalue weighted by Crippen LogP contribution is 2.33. The average Bonchev–Trinajstić information content (AvgIpc) is 2.38. The molecule has 0 aliphatic heterocycles. The summed E-state index contributed by atoms with van der Waals surface area (Å²) in [5.74, 6) is -0.0118. The molecule has 4 heteroatoms. The number of nitrogens with zero attached hydrogens (tertiary/aromatic N) is 1. The van der Waals surface area contributed by atoms with Gasteiger partial charge in [0, 0.05) is 11.6 Å². The molecule has 1 aromatic heterocycles. The van der Waals surface area contributed by atoms with Crippen LogP contribution in [0.4, 0.5) is 13.2 Å². The van der Waals surface area contributed by atoms with Crippen molar-refractivity contribution in [1.82, 2.24) is 4.98 Å². The number of aromatic nitrogens is 1. The summed E-state index contributed by atoms with van der Waals surface area (Å²) >= 11 is 0. The fourth-order valence-corrected chi connectivity index (χ4v) is 2.27. The Balaban J connectivity index is 3.17. The Kier molecular flexibility index (Phi) is 5.58. The van der Waals surface area contributed by atoms with E-state index in [1.807, 2.05) is 26.8 Å². The summed E-state index contributed by atoms with van der Waals surface area (Å²) in [5.41, 5.74) is 0.859. The third-order valence-electron chi connectivity index (χ3n) is 3.22. The maximum absolute atomic E-state index is 12.7. The van der Waals surface area contributed by atoms with E-state index >= 15 is 0 Å². The van der Waals surface area contributed by atoms with Gasteiger partial charge < -0.3 is 0 Å². The van der Waals surface area contributed by atoms with E-state index in [1.54, 1.807) is 6.07 Å². The van der Waals surface area contributed by atoms with Gasteiger partial charge in [-0.05, 0) is 31.9 Å². The minimum atomic E-state index is -4.38. The first kappa shape index (κ1) is 15.7. The lowest BCUT2D eigenvalue weighted by Crippen LogP contribution is -2.12. The number of hydrogen-bond acceptors (Lipinski definition) is 1. The van der Waals surface area contributed by atoms with E-state index in [4.69, 9.17) is 0 Å². The van der Waals surface area contributed by atoms with Gasteiger partial charge in [0.15, 0.2) is 0 Å². The molecule has 1 nitrogen and oxygen atoms in total. The molecule has 0 aliphatic rings. The quantitative estimate of drug-likeness (QED) is 0.659. The summed E-state index contributed by atoms with van der Waals surface area (Å²) in [6.45, 7) is 5.98. The van der Waals surface area contributed by atoms with Gasteiger partial charge in [0.25, 0.3) is 0 Å². The van der Waals surface area contributed by atoms with Crippen LogP contribution in [0.1, 0.15) is 57.3 Å². The lowest BCUT2D eigenvalue weighted by Gasteiger charge is -2.19. The van der Waals surface area contributed by atoms with E-state index < -0.39 is 11.9 Å². The van der Waals surface area contributed by atoms with Crippen LogP contribution in [0.2, 0.25) is 0 Å². The van der Waals surface area contributed by atoms with Crippen molar-refractivity contribution in [3.05, 3.63) is 41.2 Å². The first-order chi connectivity index (χ1) is 8.93. The summed E-state index contributed by atoms with van der Waals surface area (Å²) in [6.07, 6.45) is 0.179. The van der Waals surface area contributed by atoms with Crippen LogP contribution in [0.25, 0.3) is 0 Å². The highest BCUT2D eigenvalue weighted by Gasteiger charge is 2.33. The molecule has 0 amide bonds. The van der Waals surface area contributed by atoms with Gasteiger partial charge in [-0.25, -0.2) is 4.98 Å². The number of pyridine rings is 1. The van der Waals surface area contributed by atoms with Crippen molar-refractivity contribution in [2.24, 2.45) is 0 Å². The molecular weight excluding hydrogens is 251 g/mol. The molecular formula is C15H20F3N. The summed E-state index contributed by atoms with van der Waals surface area (Å²) in [4.78, 5) is 3.81. The van der Waals surface area contributed by atoms with Gasteiger partial charge in [-0.15, -0.1) is 0 Å². The number of allylic oxidation sites excluding steroid dienone is 2. The Hall–Kier alpha value is -1.32. The topological polar surface area (TPSA) is 12.9 Å². The van der Waals surface area contributed by atoms with Gasteiger partial charge in [0.1, 0.15) is 5.69 Å². The first-order valence-corrected chi connectivity index (χ1v) is 6.63. The zero-order valence-electron chi connectivity index (χ0n) is 11.6. The van der Waals surface area contributed by atoms with Crippen molar-refractivity contribution in [3.8, 4) is 0 Å². The Bertz CT molecular complexity index is 435. The van der Waals surface area contributed by atoms with Crippen molar-refractivity contribution in [2.45, 2.75) is 52.1 Å². The molecule has 106 valence electrons. The minimum absolute atomic E-state index is 0.0118. The molecule has 0 radical (unpaired) electrons. The van der Waals surface area contributed by atoms with Gasteiger partial charge in [-0.3, -0.25) is 0 Å². The smallest absolute Gasteiger partial charge is 0.248 e. The van der Waals surface area contributed by atoms with Gasteiger partial charge in [0.05, 0.1) is 0 Å². The van der Waals surface area contributed by atoms with Crippen LogP contribution >= 0.6 is 0 Å². The molecule has 0 bridgehead atoms. The zero-order valence-corrected chi connectivity index (χ0v) is 11.6. The third-order valence-corrected chi connectivity index (χ3v) is 3.22. The van der Waals surface area contributed by atoms with E-state index in [0.717, 1.165) is 30.9 Å². The van der Waals surface area contributed by atoms with Crippen molar-refractivity contribution < 1.29 is 13.2 Å². The third kappa shape index (κ3) is 4.08. The van der Waals surface area contributed by atoms with Crippen LogP contribution in [-0.2, 0) is 6.18 Å². The minimum Gasteiger partial charge on any atom is -0.248 e. The molecule has 0 saturated heterocycles. The van der Waals surface area contributed by atoms with Crippen LogP contribution in [0.5, 0.6) is 0 Å². The van der Waals surface area contributed by atoms with E-state index in [-0.39, 0.29) is 5.92 Å². The molecule has 0 spiro atoms. The molecule has 1 heterocycles. The van der Waals surface area contributed by atoms with Crippen LogP contribution < -0.4 is 0 Å². The average molecular weight is 271 g/mol. The van der Waals surface area contributed by atoms with Crippen molar-refractivity contribution in [1.29, 1.82) is 0 Å². The Labute approximate surface area is 112 Å². The molecule has 0 saturated carbocycles. The largest absolute Gasteiger partial charge is 0.433 e. The van der Waals surface area contributed by atoms with Gasteiger partial charge in [-0.2, -0.15) is 13.2 Å². The normalized spacial score (nSPS) is 14.5. The van der Waals surface area contributed by atoms with E-state index in [0.29, 0.717) is 5.69 Å². The molecule has 0 fully saturated rings. The standard InChI is InChI=1S/C15H20F3N/c1-4-8-12(11(5-2)6-3)13-9-7-10-14(19-13)15(16,17)18/h5,7,9-10,12H,4,6,8H2,1-3H3. The predicted molar refractivity (Wildman–Crippen MR) is 70.9 cm³/mol. The zero-order chi connectivity index (χ0) is 14.5. The SMILES string of the molecule is CC=C(CC)C(CCC)c1cccc(C(F)(F)F)n1. The molecule has 0 N–H and O–H groups in total. The molecule has 1 rings (SSSR count). The lowest BCUT2D eigenvalue weighted by atomic mass is 9.89.